The maximum Gasteiger partial charge on any atom is 0.330 e. The molecule has 0 saturated carbocycles. The van der Waals surface area contributed by atoms with Crippen molar-refractivity contribution in [2.24, 2.45) is 0 Å². The van der Waals surface area contributed by atoms with Crippen LogP contribution < -0.4 is 43.8 Å². The second-order valence-corrected chi connectivity index (χ2v) is 8.15. The van der Waals surface area contributed by atoms with E-state index in [9.17, 15) is 24.0 Å². The van der Waals surface area contributed by atoms with Crippen molar-refractivity contribution in [3.05, 3.63) is 41.7 Å². The summed E-state index contributed by atoms with van der Waals surface area (Å²) in [6.07, 6.45) is 2.96. The summed E-state index contributed by atoms with van der Waals surface area (Å²) in [6, 6.07) is 0. The molecular weight excluding hydrogens is 456 g/mol. The number of hydrogen-bond donors (Lipinski definition) is 4. The molecule has 0 aliphatic rings. The fraction of sp³-hybridized carbons (Fsp3) is 0.591. The summed E-state index contributed by atoms with van der Waals surface area (Å²) in [7, 11) is 0. The van der Waals surface area contributed by atoms with Crippen molar-refractivity contribution >= 4 is 28.9 Å². The molecule has 0 saturated heterocycles. The van der Waals surface area contributed by atoms with Gasteiger partial charge >= 0.3 is 11.4 Å². The molecule has 2 heterocycles. The van der Waals surface area contributed by atoms with E-state index in [2.05, 4.69) is 9.97 Å². The fourth-order valence-electron chi connectivity index (χ4n) is 3.85. The highest BCUT2D eigenvalue weighted by atomic mass is 16.2. The van der Waals surface area contributed by atoms with Crippen LogP contribution in [0.3, 0.4) is 0 Å². The van der Waals surface area contributed by atoms with Gasteiger partial charge in [0.2, 0.25) is 5.91 Å². The number of nitrogen functional groups attached to an aromatic ring is 2. The Labute approximate surface area is 202 Å². The van der Waals surface area contributed by atoms with Crippen molar-refractivity contribution in [3.63, 3.8) is 0 Å². The summed E-state index contributed by atoms with van der Waals surface area (Å²) in [5, 5.41) is 0. The monoisotopic (exact) mass is 492 g/mol. The number of amides is 1. The number of carbonyl (C=O) groups excluding carboxylic acids is 1. The first-order chi connectivity index (χ1) is 16.6. The van der Waals surface area contributed by atoms with Gasteiger partial charge in [0.25, 0.3) is 11.1 Å². The molecule has 6 N–H and O–H groups in total. The number of hydrogen-bond acceptors (Lipinski definition) is 8. The van der Waals surface area contributed by atoms with Crippen molar-refractivity contribution in [3.8, 4) is 0 Å². The summed E-state index contributed by atoms with van der Waals surface area (Å²) < 4.78 is 2.51. The minimum absolute atomic E-state index is 0.00223. The predicted octanol–water partition coefficient (Wildman–Crippen LogP) is 0.0306. The van der Waals surface area contributed by atoms with Gasteiger partial charge < -0.3 is 21.3 Å². The first-order valence-electron chi connectivity index (χ1n) is 11.9. The largest absolute Gasteiger partial charge is 0.383 e. The molecule has 0 unspecified atom stereocenters. The van der Waals surface area contributed by atoms with Gasteiger partial charge in [-0.2, -0.15) is 0 Å². The number of unbranched alkanes of at least 4 members (excludes halogenated alkanes) is 2. The SMILES string of the molecule is CCCCn1c(N)c(N(CC)CC(=O)N(CC)c2c(N)n(CCCC)c(=O)[nH]c2=O)c(=O)[nH]c1=O. The maximum absolute atomic E-state index is 13.3. The third-order valence-electron chi connectivity index (χ3n) is 5.81. The highest BCUT2D eigenvalue weighted by Gasteiger charge is 2.26. The Morgan fingerprint density at radius 1 is 0.771 bits per heavy atom. The molecular formula is C22H36N8O5. The van der Waals surface area contributed by atoms with Gasteiger partial charge in [0.15, 0.2) is 5.69 Å². The van der Waals surface area contributed by atoms with Crippen molar-refractivity contribution in [2.75, 3.05) is 40.9 Å². The van der Waals surface area contributed by atoms with Gasteiger partial charge in [-0.15, -0.1) is 0 Å². The van der Waals surface area contributed by atoms with Crippen LogP contribution in [0.25, 0.3) is 0 Å². The zero-order valence-corrected chi connectivity index (χ0v) is 20.8. The Bertz CT molecular complexity index is 1270. The molecule has 0 spiro atoms. The second-order valence-electron chi connectivity index (χ2n) is 8.15. The molecule has 2 rings (SSSR count). The van der Waals surface area contributed by atoms with Crippen LogP contribution in [0, 0.1) is 0 Å². The van der Waals surface area contributed by atoms with Gasteiger partial charge in [-0.25, -0.2) is 9.59 Å². The van der Waals surface area contributed by atoms with Crippen LogP contribution in [-0.2, 0) is 17.9 Å². The zero-order valence-electron chi connectivity index (χ0n) is 20.8. The first-order valence-corrected chi connectivity index (χ1v) is 11.9. The standard InChI is InChI=1S/C22H36N8O5/c1-5-9-11-29-17(23)15(19(32)25-21(29)34)27(7-3)13-14(31)28(8-4)16-18(24)30(12-10-6-2)22(35)26-20(16)33/h5-13,23-24H2,1-4H3,(H,25,32,34)(H,26,33,35). The topological polar surface area (TPSA) is 185 Å². The van der Waals surface area contributed by atoms with Gasteiger partial charge in [-0.1, -0.05) is 26.7 Å². The number of rotatable bonds is 12. The van der Waals surface area contributed by atoms with E-state index < -0.39 is 28.4 Å². The van der Waals surface area contributed by atoms with E-state index in [1.807, 2.05) is 13.8 Å². The Morgan fingerprint density at radius 3 is 1.66 bits per heavy atom. The summed E-state index contributed by atoms with van der Waals surface area (Å²) in [5.41, 5.74) is 9.50. The first kappa shape index (κ1) is 27.5. The number of nitrogens with one attached hydrogen (secondary N) is 2. The van der Waals surface area contributed by atoms with E-state index in [1.165, 1.54) is 18.9 Å². The summed E-state index contributed by atoms with van der Waals surface area (Å²) in [6.45, 7) is 7.94. The van der Waals surface area contributed by atoms with Gasteiger partial charge in [-0.05, 0) is 26.7 Å². The lowest BCUT2D eigenvalue weighted by Crippen LogP contribution is -2.47. The molecule has 2 aromatic rings. The number of aromatic amines is 2. The van der Waals surface area contributed by atoms with Crippen LogP contribution in [0.5, 0.6) is 0 Å². The van der Waals surface area contributed by atoms with E-state index >= 15 is 0 Å². The zero-order chi connectivity index (χ0) is 26.3. The Balaban J connectivity index is 2.50. The molecule has 0 fully saturated rings. The minimum atomic E-state index is -0.774. The molecule has 0 aliphatic heterocycles. The number of nitrogens with two attached hydrogens (primary N) is 2. The predicted molar refractivity (Wildman–Crippen MR) is 137 cm³/mol. The van der Waals surface area contributed by atoms with E-state index in [0.717, 1.165) is 12.8 Å². The number of likely N-dealkylation sites (N-methyl/N-ethyl adjacent to an activating group) is 2. The van der Waals surface area contributed by atoms with Crippen LogP contribution in [0.2, 0.25) is 0 Å². The normalized spacial score (nSPS) is 11.0. The van der Waals surface area contributed by atoms with Crippen LogP contribution >= 0.6 is 0 Å². The molecule has 0 radical (unpaired) electrons. The lowest BCUT2D eigenvalue weighted by Gasteiger charge is -2.28. The van der Waals surface area contributed by atoms with Crippen molar-refractivity contribution < 1.29 is 4.79 Å². The summed E-state index contributed by atoms with van der Waals surface area (Å²) in [5.74, 6) is -0.663. The smallest absolute Gasteiger partial charge is 0.330 e. The van der Waals surface area contributed by atoms with Gasteiger partial charge in [0.05, 0.1) is 6.54 Å². The molecule has 2 aromatic heterocycles. The molecule has 13 heteroatoms. The maximum atomic E-state index is 13.3. The number of H-pyrrole nitrogens is 2. The average molecular weight is 493 g/mol. The third-order valence-corrected chi connectivity index (χ3v) is 5.81. The highest BCUT2D eigenvalue weighted by molar-refractivity contribution is 5.98. The molecule has 0 bridgehead atoms. The quantitative estimate of drug-likeness (QED) is 0.319. The van der Waals surface area contributed by atoms with Gasteiger partial charge in [-0.3, -0.25) is 33.5 Å². The Kier molecular flexibility index (Phi) is 9.49. The Hall–Kier alpha value is -3.77. The molecule has 35 heavy (non-hydrogen) atoms. The highest BCUT2D eigenvalue weighted by Crippen LogP contribution is 2.20. The van der Waals surface area contributed by atoms with Gasteiger partial charge in [0, 0.05) is 26.2 Å². The van der Waals surface area contributed by atoms with Crippen molar-refractivity contribution in [1.29, 1.82) is 0 Å². The third kappa shape index (κ3) is 5.84. The molecule has 0 atom stereocenters. The van der Waals surface area contributed by atoms with Crippen molar-refractivity contribution in [2.45, 2.75) is 66.5 Å². The fourth-order valence-corrected chi connectivity index (χ4v) is 3.85. The number of anilines is 4. The van der Waals surface area contributed by atoms with E-state index in [0.29, 0.717) is 25.9 Å². The lowest BCUT2D eigenvalue weighted by atomic mass is 10.3. The van der Waals surface area contributed by atoms with E-state index in [1.54, 1.807) is 13.8 Å². The molecule has 1 amide bonds. The molecule has 0 aliphatic carbocycles. The summed E-state index contributed by atoms with van der Waals surface area (Å²) in [4.78, 5) is 70.2. The number of aromatic nitrogens is 4. The minimum Gasteiger partial charge on any atom is -0.383 e. The van der Waals surface area contributed by atoms with E-state index in [4.69, 9.17) is 11.5 Å². The summed E-state index contributed by atoms with van der Waals surface area (Å²) >= 11 is 0. The molecule has 0 aromatic carbocycles. The van der Waals surface area contributed by atoms with Crippen LogP contribution in [0.1, 0.15) is 53.4 Å². The Morgan fingerprint density at radius 2 is 1.23 bits per heavy atom. The average Bonchev–Trinajstić information content (AvgIpc) is 2.80. The van der Waals surface area contributed by atoms with Gasteiger partial charge in [0.1, 0.15) is 17.3 Å². The number of nitrogens with zero attached hydrogens (tertiary/aromatic N) is 4. The second kappa shape index (κ2) is 12.1. The molecule has 194 valence electrons. The van der Waals surface area contributed by atoms with Crippen LogP contribution in [0.4, 0.5) is 23.0 Å². The van der Waals surface area contributed by atoms with Crippen molar-refractivity contribution in [1.82, 2.24) is 19.1 Å². The molecule has 13 nitrogen and oxygen atoms in total. The van der Waals surface area contributed by atoms with E-state index in [-0.39, 0.29) is 42.6 Å². The van der Waals surface area contributed by atoms with Crippen LogP contribution in [-0.4, -0.2) is 44.6 Å². The lowest BCUT2D eigenvalue weighted by molar-refractivity contribution is -0.117. The number of carbonyl (C=O) groups is 1. The van der Waals surface area contributed by atoms with Crippen LogP contribution in [0.15, 0.2) is 19.2 Å².